The average Bonchev–Trinajstić information content (AvgIpc) is 3.23. The van der Waals surface area contributed by atoms with E-state index in [9.17, 15) is 4.79 Å². The number of methoxy groups -OCH3 is 1. The Kier molecular flexibility index (Phi) is 5.88. The molecule has 140 valence electrons. The SMILES string of the molecule is CCOc1ccc(CC(=O)N2CC(COC)C(c3nc(C)no3)C2)cc1. The first-order chi connectivity index (χ1) is 12.6. The van der Waals surface area contributed by atoms with Crippen LogP contribution in [0.25, 0.3) is 0 Å². The van der Waals surface area contributed by atoms with E-state index in [0.717, 1.165) is 11.3 Å². The fourth-order valence-corrected chi connectivity index (χ4v) is 3.36. The molecule has 0 spiro atoms. The molecule has 1 aromatic carbocycles. The summed E-state index contributed by atoms with van der Waals surface area (Å²) in [5.41, 5.74) is 0.971. The quantitative estimate of drug-likeness (QED) is 0.754. The summed E-state index contributed by atoms with van der Waals surface area (Å²) in [5.74, 6) is 2.27. The lowest BCUT2D eigenvalue weighted by Gasteiger charge is -2.16. The number of rotatable bonds is 7. The van der Waals surface area contributed by atoms with Crippen LogP contribution in [0.5, 0.6) is 5.75 Å². The largest absolute Gasteiger partial charge is 0.494 e. The van der Waals surface area contributed by atoms with E-state index < -0.39 is 0 Å². The fraction of sp³-hybridized carbons (Fsp3) is 0.526. The van der Waals surface area contributed by atoms with Crippen molar-refractivity contribution in [2.45, 2.75) is 26.2 Å². The van der Waals surface area contributed by atoms with Gasteiger partial charge in [0.2, 0.25) is 11.8 Å². The zero-order valence-electron chi connectivity index (χ0n) is 15.5. The summed E-state index contributed by atoms with van der Waals surface area (Å²) in [6.45, 7) is 6.13. The summed E-state index contributed by atoms with van der Waals surface area (Å²) in [4.78, 5) is 19.0. The lowest BCUT2D eigenvalue weighted by molar-refractivity contribution is -0.129. The molecular weight excluding hydrogens is 334 g/mol. The molecule has 2 heterocycles. The van der Waals surface area contributed by atoms with E-state index in [0.29, 0.717) is 44.4 Å². The van der Waals surface area contributed by atoms with Crippen LogP contribution in [-0.2, 0) is 16.0 Å². The van der Waals surface area contributed by atoms with Crippen molar-refractivity contribution in [3.63, 3.8) is 0 Å². The summed E-state index contributed by atoms with van der Waals surface area (Å²) in [7, 11) is 1.67. The molecule has 0 saturated carbocycles. The molecule has 0 N–H and O–H groups in total. The van der Waals surface area contributed by atoms with Crippen LogP contribution in [0, 0.1) is 12.8 Å². The van der Waals surface area contributed by atoms with E-state index in [4.69, 9.17) is 14.0 Å². The standard InChI is InChI=1S/C19H25N3O4/c1-4-25-16-7-5-14(6-8-16)9-18(23)22-10-15(12-24-3)17(11-22)19-20-13(2)21-26-19/h5-8,15,17H,4,9-12H2,1-3H3. The predicted octanol–water partition coefficient (Wildman–Crippen LogP) is 2.21. The number of likely N-dealkylation sites (tertiary alicyclic amines) is 1. The van der Waals surface area contributed by atoms with E-state index >= 15 is 0 Å². The minimum Gasteiger partial charge on any atom is -0.494 e. The van der Waals surface area contributed by atoms with Gasteiger partial charge in [-0.3, -0.25) is 4.79 Å². The number of aryl methyl sites for hydroxylation is 1. The zero-order valence-corrected chi connectivity index (χ0v) is 15.5. The van der Waals surface area contributed by atoms with Gasteiger partial charge in [0.05, 0.1) is 25.6 Å². The highest BCUT2D eigenvalue weighted by Crippen LogP contribution is 2.32. The first kappa shape index (κ1) is 18.4. The van der Waals surface area contributed by atoms with Crippen molar-refractivity contribution < 1.29 is 18.8 Å². The van der Waals surface area contributed by atoms with Gasteiger partial charge in [0.25, 0.3) is 0 Å². The molecule has 26 heavy (non-hydrogen) atoms. The molecule has 7 heteroatoms. The summed E-state index contributed by atoms with van der Waals surface area (Å²) in [5, 5.41) is 3.87. The van der Waals surface area contributed by atoms with Crippen molar-refractivity contribution in [1.82, 2.24) is 15.0 Å². The Morgan fingerprint density at radius 2 is 2.08 bits per heavy atom. The highest BCUT2D eigenvalue weighted by atomic mass is 16.5. The molecule has 7 nitrogen and oxygen atoms in total. The molecule has 1 amide bonds. The highest BCUT2D eigenvalue weighted by molar-refractivity contribution is 5.79. The lowest BCUT2D eigenvalue weighted by Crippen LogP contribution is -2.30. The van der Waals surface area contributed by atoms with Crippen LogP contribution in [0.15, 0.2) is 28.8 Å². The van der Waals surface area contributed by atoms with Crippen LogP contribution < -0.4 is 4.74 Å². The van der Waals surface area contributed by atoms with Gasteiger partial charge in [-0.25, -0.2) is 0 Å². The van der Waals surface area contributed by atoms with Crippen molar-refractivity contribution in [3.8, 4) is 5.75 Å². The second-order valence-corrected chi connectivity index (χ2v) is 6.55. The van der Waals surface area contributed by atoms with Gasteiger partial charge < -0.3 is 18.9 Å². The average molecular weight is 359 g/mol. The van der Waals surface area contributed by atoms with Crippen molar-refractivity contribution in [3.05, 3.63) is 41.5 Å². The maximum Gasteiger partial charge on any atom is 0.231 e. The number of aromatic nitrogens is 2. The topological polar surface area (TPSA) is 77.7 Å². The summed E-state index contributed by atoms with van der Waals surface area (Å²) >= 11 is 0. The van der Waals surface area contributed by atoms with E-state index in [1.165, 1.54) is 0 Å². The number of hydrogen-bond acceptors (Lipinski definition) is 6. The first-order valence-corrected chi connectivity index (χ1v) is 8.89. The number of benzene rings is 1. The molecule has 2 atom stereocenters. The third-order valence-electron chi connectivity index (χ3n) is 4.62. The fourth-order valence-electron chi connectivity index (χ4n) is 3.36. The molecule has 0 radical (unpaired) electrons. The zero-order chi connectivity index (χ0) is 18.5. The molecule has 1 aliphatic rings. The van der Waals surface area contributed by atoms with Crippen LogP contribution in [-0.4, -0.2) is 54.4 Å². The van der Waals surface area contributed by atoms with Gasteiger partial charge in [0.15, 0.2) is 5.82 Å². The Labute approximate surface area is 153 Å². The van der Waals surface area contributed by atoms with E-state index in [1.807, 2.05) is 36.1 Å². The third-order valence-corrected chi connectivity index (χ3v) is 4.62. The predicted molar refractivity (Wildman–Crippen MR) is 95.0 cm³/mol. The molecule has 1 aliphatic heterocycles. The Hall–Kier alpha value is -2.41. The van der Waals surface area contributed by atoms with Gasteiger partial charge >= 0.3 is 0 Å². The number of nitrogens with zero attached hydrogens (tertiary/aromatic N) is 3. The van der Waals surface area contributed by atoms with Crippen LogP contribution in [0.4, 0.5) is 0 Å². The van der Waals surface area contributed by atoms with Gasteiger partial charge in [-0.15, -0.1) is 0 Å². The number of carbonyl (C=O) groups is 1. The highest BCUT2D eigenvalue weighted by Gasteiger charge is 2.39. The Balaban J connectivity index is 1.65. The number of hydrogen-bond donors (Lipinski definition) is 0. The maximum atomic E-state index is 12.7. The van der Waals surface area contributed by atoms with Crippen molar-refractivity contribution in [2.24, 2.45) is 5.92 Å². The Bertz CT molecular complexity index is 729. The molecule has 1 saturated heterocycles. The van der Waals surface area contributed by atoms with E-state index in [2.05, 4.69) is 10.1 Å². The minimum absolute atomic E-state index is 0.0143. The lowest BCUT2D eigenvalue weighted by atomic mass is 9.97. The number of carbonyl (C=O) groups excluding carboxylic acids is 1. The molecule has 1 aromatic heterocycles. The molecule has 2 unspecified atom stereocenters. The molecular formula is C19H25N3O4. The summed E-state index contributed by atoms with van der Waals surface area (Å²) in [6.07, 6.45) is 0.363. The Morgan fingerprint density at radius 1 is 1.31 bits per heavy atom. The van der Waals surface area contributed by atoms with Gasteiger partial charge in [-0.1, -0.05) is 17.3 Å². The number of amides is 1. The molecule has 1 fully saturated rings. The molecule has 3 rings (SSSR count). The third kappa shape index (κ3) is 4.22. The minimum atomic E-state index is 0.0143. The van der Waals surface area contributed by atoms with Gasteiger partial charge in [-0.05, 0) is 31.5 Å². The second-order valence-electron chi connectivity index (χ2n) is 6.55. The first-order valence-electron chi connectivity index (χ1n) is 8.89. The normalized spacial score (nSPS) is 19.7. The number of ether oxygens (including phenoxy) is 2. The molecule has 2 aromatic rings. The van der Waals surface area contributed by atoms with Gasteiger partial charge in [-0.2, -0.15) is 4.98 Å². The van der Waals surface area contributed by atoms with Crippen LogP contribution in [0.2, 0.25) is 0 Å². The Morgan fingerprint density at radius 3 is 2.69 bits per heavy atom. The van der Waals surface area contributed by atoms with E-state index in [-0.39, 0.29) is 17.7 Å². The van der Waals surface area contributed by atoms with Crippen molar-refractivity contribution in [1.29, 1.82) is 0 Å². The van der Waals surface area contributed by atoms with Crippen LogP contribution >= 0.6 is 0 Å². The smallest absolute Gasteiger partial charge is 0.231 e. The maximum absolute atomic E-state index is 12.7. The molecule has 0 bridgehead atoms. The molecule has 0 aliphatic carbocycles. The van der Waals surface area contributed by atoms with Crippen molar-refractivity contribution in [2.75, 3.05) is 33.4 Å². The van der Waals surface area contributed by atoms with Crippen LogP contribution in [0.3, 0.4) is 0 Å². The van der Waals surface area contributed by atoms with Crippen LogP contribution in [0.1, 0.15) is 30.1 Å². The summed E-state index contributed by atoms with van der Waals surface area (Å²) < 4.78 is 16.1. The second kappa shape index (κ2) is 8.31. The van der Waals surface area contributed by atoms with Gasteiger partial charge in [0.1, 0.15) is 5.75 Å². The summed E-state index contributed by atoms with van der Waals surface area (Å²) in [6, 6.07) is 7.66. The van der Waals surface area contributed by atoms with E-state index in [1.54, 1.807) is 14.0 Å². The van der Waals surface area contributed by atoms with Gasteiger partial charge in [0, 0.05) is 26.1 Å². The van der Waals surface area contributed by atoms with Crippen molar-refractivity contribution >= 4 is 5.91 Å². The monoisotopic (exact) mass is 359 g/mol.